The quantitative estimate of drug-likeness (QED) is 0.627. The van der Waals surface area contributed by atoms with Gasteiger partial charge in [0.25, 0.3) is 0 Å². The van der Waals surface area contributed by atoms with E-state index < -0.39 is 35.4 Å². The number of carbonyl (C=O) groups excluding carboxylic acids is 1. The zero-order valence-corrected chi connectivity index (χ0v) is 13.7. The van der Waals surface area contributed by atoms with Crippen LogP contribution in [0.25, 0.3) is 0 Å². The molecule has 1 aromatic carbocycles. The molecule has 1 saturated carbocycles. The van der Waals surface area contributed by atoms with E-state index in [0.29, 0.717) is 6.42 Å². The molecule has 1 fully saturated rings. The molecule has 3 nitrogen and oxygen atoms in total. The van der Waals surface area contributed by atoms with E-state index in [-0.39, 0.29) is 30.0 Å². The van der Waals surface area contributed by atoms with E-state index in [1.54, 1.807) is 0 Å². The maximum absolute atomic E-state index is 13.7. The monoisotopic (exact) mass is 368 g/mol. The van der Waals surface area contributed by atoms with Crippen molar-refractivity contribution in [3.8, 4) is 0 Å². The van der Waals surface area contributed by atoms with Gasteiger partial charge in [-0.15, -0.1) is 0 Å². The summed E-state index contributed by atoms with van der Waals surface area (Å²) in [6.45, 7) is 1.34. The summed E-state index contributed by atoms with van der Waals surface area (Å²) < 4.78 is 59.4. The molecule has 0 saturated heterocycles. The minimum atomic E-state index is -5.12. The summed E-state index contributed by atoms with van der Waals surface area (Å²) in [7, 11) is 0. The van der Waals surface area contributed by atoms with Crippen molar-refractivity contribution in [2.24, 2.45) is 0 Å². The minimum Gasteiger partial charge on any atom is -0.466 e. The van der Waals surface area contributed by atoms with E-state index >= 15 is 0 Å². The molecule has 1 aliphatic carbocycles. The second-order valence-electron chi connectivity index (χ2n) is 5.90. The predicted molar refractivity (Wildman–Crippen MR) is 79.2 cm³/mol. The first-order chi connectivity index (χ1) is 11.1. The van der Waals surface area contributed by atoms with Gasteiger partial charge in [0, 0.05) is 10.4 Å². The Hall–Kier alpha value is -1.34. The van der Waals surface area contributed by atoms with Crippen molar-refractivity contribution >= 4 is 17.6 Å². The van der Waals surface area contributed by atoms with Crippen molar-refractivity contribution in [3.05, 3.63) is 34.6 Å². The van der Waals surface area contributed by atoms with Crippen LogP contribution in [0.3, 0.4) is 0 Å². The highest BCUT2D eigenvalue weighted by molar-refractivity contribution is 6.31. The molecular weight excluding hydrogens is 352 g/mol. The molecule has 8 heteroatoms. The molecule has 1 unspecified atom stereocenters. The highest BCUT2D eigenvalue weighted by Gasteiger charge is 2.69. The maximum atomic E-state index is 13.7. The number of ether oxygens (including phenoxy) is 1. The first-order valence-corrected chi connectivity index (χ1v) is 7.85. The van der Waals surface area contributed by atoms with Crippen molar-refractivity contribution in [1.29, 1.82) is 0 Å². The lowest BCUT2D eigenvalue weighted by molar-refractivity contribution is -0.298. The lowest BCUT2D eigenvalue weighted by Gasteiger charge is -2.53. The van der Waals surface area contributed by atoms with Crippen molar-refractivity contribution in [3.63, 3.8) is 0 Å². The van der Waals surface area contributed by atoms with Gasteiger partial charge in [-0.3, -0.25) is 4.79 Å². The molecule has 1 N–H and O–H groups in total. The fraction of sp³-hybridized carbons (Fsp3) is 0.562. The van der Waals surface area contributed by atoms with E-state index in [4.69, 9.17) is 11.6 Å². The molecule has 134 valence electrons. The lowest BCUT2D eigenvalue weighted by Crippen LogP contribution is -2.65. The van der Waals surface area contributed by atoms with Gasteiger partial charge in [-0.25, -0.2) is 4.39 Å². The van der Waals surface area contributed by atoms with Crippen molar-refractivity contribution in [2.75, 3.05) is 6.61 Å². The molecule has 2 rings (SSSR count). The Morgan fingerprint density at radius 3 is 2.46 bits per heavy atom. The Bertz CT molecular complexity index is 628. The van der Waals surface area contributed by atoms with Gasteiger partial charge < -0.3 is 9.84 Å². The summed E-state index contributed by atoms with van der Waals surface area (Å²) in [5.74, 6) is -1.93. The summed E-state index contributed by atoms with van der Waals surface area (Å²) >= 11 is 5.99. The van der Waals surface area contributed by atoms with Gasteiger partial charge >= 0.3 is 12.1 Å². The second-order valence-corrected chi connectivity index (χ2v) is 6.31. The number of hydrogen-bond acceptors (Lipinski definition) is 3. The highest BCUT2D eigenvalue weighted by Crippen LogP contribution is 2.59. The number of carbonyl (C=O) groups is 1. The van der Waals surface area contributed by atoms with E-state index in [1.165, 1.54) is 6.92 Å². The van der Waals surface area contributed by atoms with Gasteiger partial charge in [0.15, 0.2) is 5.60 Å². The smallest absolute Gasteiger partial charge is 0.418 e. The molecule has 1 aromatic rings. The molecule has 24 heavy (non-hydrogen) atoms. The van der Waals surface area contributed by atoms with E-state index in [9.17, 15) is 27.5 Å². The van der Waals surface area contributed by atoms with Crippen LogP contribution in [-0.2, 0) is 14.9 Å². The number of aliphatic hydroxyl groups is 1. The number of halogens is 5. The number of rotatable bonds is 5. The third-order valence-corrected chi connectivity index (χ3v) is 4.95. The first kappa shape index (κ1) is 19.0. The lowest BCUT2D eigenvalue weighted by atomic mass is 9.54. The topological polar surface area (TPSA) is 46.5 Å². The number of alkyl halides is 3. The summed E-state index contributed by atoms with van der Waals surface area (Å²) in [5, 5.41) is 10.5. The average Bonchev–Trinajstić information content (AvgIpc) is 2.40. The van der Waals surface area contributed by atoms with Crippen LogP contribution in [0, 0.1) is 5.82 Å². The van der Waals surface area contributed by atoms with E-state index in [1.807, 2.05) is 0 Å². The zero-order valence-electron chi connectivity index (χ0n) is 12.9. The normalized spacial score (nSPS) is 19.3. The number of benzene rings is 1. The van der Waals surface area contributed by atoms with Gasteiger partial charge in [0.2, 0.25) is 0 Å². The van der Waals surface area contributed by atoms with Crippen LogP contribution in [0.1, 0.15) is 38.2 Å². The van der Waals surface area contributed by atoms with Gasteiger partial charge in [-0.1, -0.05) is 18.0 Å². The first-order valence-electron chi connectivity index (χ1n) is 7.47. The third-order valence-electron chi connectivity index (χ3n) is 4.62. The zero-order chi connectivity index (χ0) is 18.2. The Kier molecular flexibility index (Phi) is 5.16. The Morgan fingerprint density at radius 2 is 2.00 bits per heavy atom. The van der Waals surface area contributed by atoms with Crippen molar-refractivity contribution in [2.45, 2.75) is 49.8 Å². The fourth-order valence-electron chi connectivity index (χ4n) is 3.26. The summed E-state index contributed by atoms with van der Waals surface area (Å²) in [6.07, 6.45) is -6.11. The van der Waals surface area contributed by atoms with Crippen LogP contribution in [-0.4, -0.2) is 29.5 Å². The van der Waals surface area contributed by atoms with Crippen LogP contribution >= 0.6 is 11.6 Å². The van der Waals surface area contributed by atoms with Gasteiger partial charge in [0.1, 0.15) is 5.82 Å². The summed E-state index contributed by atoms with van der Waals surface area (Å²) in [4.78, 5) is 11.7. The van der Waals surface area contributed by atoms with Crippen LogP contribution in [0.4, 0.5) is 17.6 Å². The van der Waals surface area contributed by atoms with Gasteiger partial charge in [-0.2, -0.15) is 13.2 Å². The fourth-order valence-corrected chi connectivity index (χ4v) is 3.56. The molecule has 1 aliphatic rings. The summed E-state index contributed by atoms with van der Waals surface area (Å²) in [5.41, 5.74) is -5.40. The molecule has 0 spiro atoms. The Labute approximate surface area is 141 Å². The van der Waals surface area contributed by atoms with Crippen LogP contribution in [0.5, 0.6) is 0 Å². The van der Waals surface area contributed by atoms with Gasteiger partial charge in [0.05, 0.1) is 13.0 Å². The Morgan fingerprint density at radius 1 is 1.38 bits per heavy atom. The molecular formula is C16H17ClF4O3. The molecule has 0 radical (unpaired) electrons. The van der Waals surface area contributed by atoms with E-state index in [0.717, 1.165) is 18.2 Å². The van der Waals surface area contributed by atoms with E-state index in [2.05, 4.69) is 4.74 Å². The van der Waals surface area contributed by atoms with Crippen molar-refractivity contribution < 1.29 is 32.2 Å². The van der Waals surface area contributed by atoms with Crippen LogP contribution in [0.15, 0.2) is 18.2 Å². The predicted octanol–water partition coefficient (Wildman–Crippen LogP) is 4.15. The molecule has 0 aromatic heterocycles. The molecule has 1 atom stereocenters. The SMILES string of the molecule is CCOC(=O)CC(O)(C(F)(F)F)C1(c2cc(F)ccc2Cl)CCC1. The molecule has 0 heterocycles. The molecule has 0 amide bonds. The second kappa shape index (κ2) is 6.52. The molecule has 0 aliphatic heterocycles. The largest absolute Gasteiger partial charge is 0.466 e. The Balaban J connectivity index is 2.57. The summed E-state index contributed by atoms with van der Waals surface area (Å²) in [6, 6.07) is 3.06. The number of hydrogen-bond donors (Lipinski definition) is 1. The number of esters is 1. The van der Waals surface area contributed by atoms with Crippen molar-refractivity contribution in [1.82, 2.24) is 0 Å². The standard InChI is InChI=1S/C16H17ClF4O3/c1-2-24-13(22)9-15(23,16(19,20)21)14(6-3-7-14)11-8-10(18)4-5-12(11)17/h4-5,8,23H,2-3,6-7,9H2,1H3. The highest BCUT2D eigenvalue weighted by atomic mass is 35.5. The molecule has 0 bridgehead atoms. The maximum Gasteiger partial charge on any atom is 0.418 e. The third kappa shape index (κ3) is 2.99. The van der Waals surface area contributed by atoms with Crippen LogP contribution < -0.4 is 0 Å². The average molecular weight is 369 g/mol. The van der Waals surface area contributed by atoms with Gasteiger partial charge in [-0.05, 0) is 43.5 Å². The van der Waals surface area contributed by atoms with Crippen LogP contribution in [0.2, 0.25) is 5.02 Å². The minimum absolute atomic E-state index is 0.0639.